The Morgan fingerprint density at radius 1 is 1.05 bits per heavy atom. The highest BCUT2D eigenvalue weighted by atomic mass is 15.2. The van der Waals surface area contributed by atoms with Crippen LogP contribution < -0.4 is 4.90 Å². The van der Waals surface area contributed by atoms with E-state index in [1.807, 2.05) is 17.9 Å². The van der Waals surface area contributed by atoms with E-state index in [0.29, 0.717) is 0 Å². The number of hydrogen-bond donors (Lipinski definition) is 0. The van der Waals surface area contributed by atoms with Crippen molar-refractivity contribution >= 4 is 5.69 Å². The summed E-state index contributed by atoms with van der Waals surface area (Å²) in [6.07, 6.45) is 10.7. The van der Waals surface area contributed by atoms with E-state index in [9.17, 15) is 0 Å². The summed E-state index contributed by atoms with van der Waals surface area (Å²) in [5.74, 6) is 0. The van der Waals surface area contributed by atoms with Crippen LogP contribution in [0.15, 0.2) is 30.6 Å². The number of unbranched alkanes of at least 4 members (excludes halogenated alkanes) is 3. The second kappa shape index (κ2) is 8.02. The number of aryl methyl sites for hydroxylation is 1. The summed E-state index contributed by atoms with van der Waals surface area (Å²) in [7, 11) is 4.10. The molecule has 3 heteroatoms. The molecule has 1 aliphatic heterocycles. The average Bonchev–Trinajstić information content (AvgIpc) is 3.12. The molecule has 0 saturated carbocycles. The fourth-order valence-corrected chi connectivity index (χ4v) is 2.82. The van der Waals surface area contributed by atoms with Gasteiger partial charge in [0.05, 0.1) is 6.20 Å². The first-order valence-corrected chi connectivity index (χ1v) is 8.48. The van der Waals surface area contributed by atoms with E-state index in [-0.39, 0.29) is 0 Å². The molecule has 22 heavy (non-hydrogen) atoms. The fourth-order valence-electron chi connectivity index (χ4n) is 2.82. The molecular weight excluding hydrogens is 270 g/mol. The van der Waals surface area contributed by atoms with Crippen LogP contribution in [0.4, 0.5) is 5.69 Å². The summed E-state index contributed by atoms with van der Waals surface area (Å²) in [5.41, 5.74) is 5.28. The molecule has 0 atom stereocenters. The quantitative estimate of drug-likeness (QED) is 0.765. The van der Waals surface area contributed by atoms with Crippen molar-refractivity contribution in [2.75, 3.05) is 18.5 Å². The van der Waals surface area contributed by atoms with E-state index in [0.717, 1.165) is 13.0 Å². The van der Waals surface area contributed by atoms with Gasteiger partial charge in [-0.3, -0.25) is 4.68 Å². The molecule has 0 amide bonds. The van der Waals surface area contributed by atoms with Gasteiger partial charge in [0.2, 0.25) is 0 Å². The van der Waals surface area contributed by atoms with E-state index < -0.39 is 0 Å². The van der Waals surface area contributed by atoms with Crippen LogP contribution in [-0.4, -0.2) is 23.4 Å². The molecule has 120 valence electrons. The van der Waals surface area contributed by atoms with Crippen molar-refractivity contribution < 1.29 is 0 Å². The Kier molecular flexibility index (Phi) is 6.05. The lowest BCUT2D eigenvalue weighted by atomic mass is 10.0. The zero-order chi connectivity index (χ0) is 15.9. The van der Waals surface area contributed by atoms with Gasteiger partial charge in [0, 0.05) is 38.1 Å². The number of benzene rings is 1. The molecule has 0 bridgehead atoms. The van der Waals surface area contributed by atoms with Crippen LogP contribution in [0.3, 0.4) is 0 Å². The number of rotatable bonds is 4. The molecular formula is C19H29N3. The summed E-state index contributed by atoms with van der Waals surface area (Å²) < 4.78 is 1.84. The number of anilines is 1. The van der Waals surface area contributed by atoms with Crippen LogP contribution in [0.5, 0.6) is 0 Å². The molecule has 0 spiro atoms. The molecule has 1 aromatic heterocycles. The van der Waals surface area contributed by atoms with Crippen LogP contribution in [-0.2, 0) is 13.5 Å². The van der Waals surface area contributed by atoms with Gasteiger partial charge >= 0.3 is 0 Å². The number of aromatic nitrogens is 2. The summed E-state index contributed by atoms with van der Waals surface area (Å²) >= 11 is 0. The van der Waals surface area contributed by atoms with Crippen molar-refractivity contribution in [2.24, 2.45) is 7.05 Å². The van der Waals surface area contributed by atoms with Gasteiger partial charge in [-0.15, -0.1) is 0 Å². The zero-order valence-corrected chi connectivity index (χ0v) is 14.5. The standard InChI is InChI=1S/C13H15N3.C6H14/c1-15-6-5-11-7-10(3-4-13(11)15)12-8-14-16(2)9-12;1-3-5-6-4-2/h3-4,7-9H,5-6H2,1-2H3;3-6H2,1-2H3. The largest absolute Gasteiger partial charge is 0.374 e. The predicted molar refractivity (Wildman–Crippen MR) is 95.4 cm³/mol. The summed E-state index contributed by atoms with van der Waals surface area (Å²) in [6, 6.07) is 6.68. The summed E-state index contributed by atoms with van der Waals surface area (Å²) in [4.78, 5) is 2.31. The first-order valence-electron chi connectivity index (χ1n) is 8.48. The molecule has 2 aromatic rings. The first kappa shape index (κ1) is 16.6. The highest BCUT2D eigenvalue weighted by molar-refractivity contribution is 5.69. The minimum Gasteiger partial charge on any atom is -0.374 e. The third kappa shape index (κ3) is 4.12. The molecule has 0 radical (unpaired) electrons. The van der Waals surface area contributed by atoms with Crippen molar-refractivity contribution in [2.45, 2.75) is 46.0 Å². The van der Waals surface area contributed by atoms with Crippen LogP contribution in [0, 0.1) is 0 Å². The van der Waals surface area contributed by atoms with E-state index in [1.165, 1.54) is 48.1 Å². The van der Waals surface area contributed by atoms with E-state index >= 15 is 0 Å². The summed E-state index contributed by atoms with van der Waals surface area (Å²) in [5, 5.41) is 4.21. The maximum absolute atomic E-state index is 4.21. The SMILES string of the molecule is CCCCCC.CN1CCc2cc(-c3cnn(C)c3)ccc21. The molecule has 1 aliphatic rings. The molecule has 0 fully saturated rings. The Labute approximate surface area is 135 Å². The maximum atomic E-state index is 4.21. The Morgan fingerprint density at radius 3 is 2.36 bits per heavy atom. The lowest BCUT2D eigenvalue weighted by Gasteiger charge is -2.11. The molecule has 1 aromatic carbocycles. The van der Waals surface area contributed by atoms with E-state index in [1.54, 1.807) is 0 Å². The topological polar surface area (TPSA) is 21.1 Å². The van der Waals surface area contributed by atoms with E-state index in [4.69, 9.17) is 0 Å². The minimum absolute atomic E-state index is 1.13. The van der Waals surface area contributed by atoms with Crippen molar-refractivity contribution in [3.8, 4) is 11.1 Å². The van der Waals surface area contributed by atoms with E-state index in [2.05, 4.69) is 55.3 Å². The number of nitrogens with zero attached hydrogens (tertiary/aromatic N) is 3. The Morgan fingerprint density at radius 2 is 1.77 bits per heavy atom. The lowest BCUT2D eigenvalue weighted by Crippen LogP contribution is -2.12. The minimum atomic E-state index is 1.13. The van der Waals surface area contributed by atoms with Gasteiger partial charge < -0.3 is 4.90 Å². The second-order valence-corrected chi connectivity index (χ2v) is 6.12. The maximum Gasteiger partial charge on any atom is 0.0568 e. The van der Waals surface area contributed by atoms with Crippen LogP contribution in [0.1, 0.15) is 45.1 Å². The van der Waals surface area contributed by atoms with Gasteiger partial charge in [-0.2, -0.15) is 5.10 Å². The van der Waals surface area contributed by atoms with Crippen molar-refractivity contribution in [1.82, 2.24) is 9.78 Å². The van der Waals surface area contributed by atoms with Crippen molar-refractivity contribution in [3.63, 3.8) is 0 Å². The van der Waals surface area contributed by atoms with Crippen LogP contribution in [0.2, 0.25) is 0 Å². The number of fused-ring (bicyclic) bond motifs is 1. The highest BCUT2D eigenvalue weighted by Crippen LogP contribution is 2.30. The zero-order valence-electron chi connectivity index (χ0n) is 14.5. The lowest BCUT2D eigenvalue weighted by molar-refractivity contribution is 0.702. The van der Waals surface area contributed by atoms with Crippen LogP contribution in [0.25, 0.3) is 11.1 Å². The van der Waals surface area contributed by atoms with Gasteiger partial charge in [0.1, 0.15) is 0 Å². The molecule has 2 heterocycles. The van der Waals surface area contributed by atoms with Crippen LogP contribution >= 0.6 is 0 Å². The smallest absolute Gasteiger partial charge is 0.0568 e. The Hall–Kier alpha value is -1.77. The predicted octanol–water partition coefficient (Wildman–Crippen LogP) is 4.67. The van der Waals surface area contributed by atoms with Gasteiger partial charge in [-0.1, -0.05) is 45.6 Å². The average molecular weight is 299 g/mol. The number of hydrogen-bond acceptors (Lipinski definition) is 2. The third-order valence-electron chi connectivity index (χ3n) is 4.20. The third-order valence-corrected chi connectivity index (χ3v) is 4.20. The van der Waals surface area contributed by atoms with Gasteiger partial charge in [-0.05, 0) is 29.7 Å². The normalized spacial score (nSPS) is 12.8. The molecule has 0 N–H and O–H groups in total. The van der Waals surface area contributed by atoms with Crippen molar-refractivity contribution in [1.29, 1.82) is 0 Å². The highest BCUT2D eigenvalue weighted by Gasteiger charge is 2.15. The number of likely N-dealkylation sites (N-methyl/N-ethyl adjacent to an activating group) is 1. The molecule has 0 unspecified atom stereocenters. The Bertz CT molecular complexity index is 582. The molecule has 0 saturated heterocycles. The second-order valence-electron chi connectivity index (χ2n) is 6.12. The first-order chi connectivity index (χ1) is 10.7. The van der Waals surface area contributed by atoms with Gasteiger partial charge in [0.25, 0.3) is 0 Å². The molecule has 3 nitrogen and oxygen atoms in total. The Balaban J connectivity index is 0.000000254. The van der Waals surface area contributed by atoms with Gasteiger partial charge in [-0.25, -0.2) is 0 Å². The fraction of sp³-hybridized carbons (Fsp3) is 0.526. The van der Waals surface area contributed by atoms with Gasteiger partial charge in [0.15, 0.2) is 0 Å². The molecule has 0 aliphatic carbocycles. The monoisotopic (exact) mass is 299 g/mol. The molecule has 3 rings (SSSR count). The van der Waals surface area contributed by atoms with Crippen molar-refractivity contribution in [3.05, 3.63) is 36.2 Å². The summed E-state index contributed by atoms with van der Waals surface area (Å²) in [6.45, 7) is 5.59.